The summed E-state index contributed by atoms with van der Waals surface area (Å²) in [4.78, 5) is 18.9. The molecule has 0 aliphatic carbocycles. The first-order valence-corrected chi connectivity index (χ1v) is 11.7. The maximum absolute atomic E-state index is 5.10. The average molecular weight is 453 g/mol. The topological polar surface area (TPSA) is 51.6 Å². The molecule has 0 fully saturated rings. The third-order valence-corrected chi connectivity index (χ3v) is 6.48. The van der Waals surface area contributed by atoms with Gasteiger partial charge in [0.2, 0.25) is 0 Å². The van der Waals surface area contributed by atoms with E-state index in [2.05, 4.69) is 79.3 Å². The zero-order valence-electron chi connectivity index (χ0n) is 19.9. The van der Waals surface area contributed by atoms with E-state index >= 15 is 0 Å². The van der Waals surface area contributed by atoms with Gasteiger partial charge < -0.3 is 0 Å². The Kier molecular flexibility index (Phi) is 5.07. The van der Waals surface area contributed by atoms with Crippen LogP contribution in [0.25, 0.3) is 55.4 Å². The number of nitrogens with zero attached hydrogens (tertiary/aromatic N) is 4. The Hall–Kier alpha value is -4.44. The van der Waals surface area contributed by atoms with E-state index in [0.29, 0.717) is 0 Å². The van der Waals surface area contributed by atoms with Crippen molar-refractivity contribution in [3.8, 4) is 33.8 Å². The molecule has 35 heavy (non-hydrogen) atoms. The molecule has 3 aromatic carbocycles. The molecule has 0 bridgehead atoms. The van der Waals surface area contributed by atoms with Gasteiger partial charge in [-0.25, -0.2) is 4.98 Å². The highest BCUT2D eigenvalue weighted by Gasteiger charge is 2.14. The fourth-order valence-electron chi connectivity index (χ4n) is 4.67. The van der Waals surface area contributed by atoms with E-state index in [1.807, 2.05) is 43.0 Å². The average Bonchev–Trinajstić information content (AvgIpc) is 2.89. The maximum atomic E-state index is 5.10. The van der Waals surface area contributed by atoms with Gasteiger partial charge in [-0.15, -0.1) is 0 Å². The lowest BCUT2D eigenvalue weighted by Crippen LogP contribution is -1.95. The summed E-state index contributed by atoms with van der Waals surface area (Å²) in [6, 6.07) is 23.2. The molecule has 168 valence electrons. The minimum atomic E-state index is 0.836. The van der Waals surface area contributed by atoms with E-state index in [9.17, 15) is 0 Å². The molecule has 6 aromatic rings. The van der Waals surface area contributed by atoms with Gasteiger partial charge in [-0.1, -0.05) is 42.0 Å². The Labute approximate surface area is 204 Å². The zero-order chi connectivity index (χ0) is 23.9. The minimum absolute atomic E-state index is 0.836. The molecule has 0 N–H and O–H groups in total. The molecule has 4 heteroatoms. The molecule has 0 radical (unpaired) electrons. The minimum Gasteiger partial charge on any atom is -0.260 e. The van der Waals surface area contributed by atoms with Crippen molar-refractivity contribution >= 4 is 21.7 Å². The lowest BCUT2D eigenvalue weighted by atomic mass is 9.95. The van der Waals surface area contributed by atoms with E-state index in [-0.39, 0.29) is 0 Å². The molecule has 0 unspecified atom stereocenters. The van der Waals surface area contributed by atoms with Crippen molar-refractivity contribution in [1.29, 1.82) is 0 Å². The van der Waals surface area contributed by atoms with Crippen molar-refractivity contribution in [2.24, 2.45) is 0 Å². The van der Waals surface area contributed by atoms with Gasteiger partial charge in [-0.05, 0) is 73.0 Å². The molecule has 6 rings (SSSR count). The SMILES string of the molecule is Cc1cnc2cc(-c3cncc(-c4cc(-c5ccccn5)ccc4C)n3)c3ccc(C)cc3c2c1. The van der Waals surface area contributed by atoms with Crippen LogP contribution in [0.1, 0.15) is 16.7 Å². The molecular formula is C31H24N4. The molecule has 0 aliphatic rings. The number of hydrogen-bond acceptors (Lipinski definition) is 4. The van der Waals surface area contributed by atoms with Gasteiger partial charge in [0, 0.05) is 34.5 Å². The highest BCUT2D eigenvalue weighted by Crippen LogP contribution is 2.35. The van der Waals surface area contributed by atoms with Crippen LogP contribution in [0.4, 0.5) is 0 Å². The summed E-state index contributed by atoms with van der Waals surface area (Å²) in [6.07, 6.45) is 7.42. The summed E-state index contributed by atoms with van der Waals surface area (Å²) in [5.74, 6) is 0. The van der Waals surface area contributed by atoms with Crippen LogP contribution in [-0.4, -0.2) is 19.9 Å². The van der Waals surface area contributed by atoms with Crippen LogP contribution >= 0.6 is 0 Å². The largest absolute Gasteiger partial charge is 0.260 e. The second-order valence-electron chi connectivity index (χ2n) is 9.09. The van der Waals surface area contributed by atoms with Gasteiger partial charge in [-0.3, -0.25) is 15.0 Å². The summed E-state index contributed by atoms with van der Waals surface area (Å²) >= 11 is 0. The molecule has 0 saturated heterocycles. The normalized spacial score (nSPS) is 11.3. The quantitative estimate of drug-likeness (QED) is 0.261. The Morgan fingerprint density at radius 1 is 0.571 bits per heavy atom. The third-order valence-electron chi connectivity index (χ3n) is 6.48. The summed E-state index contributed by atoms with van der Waals surface area (Å²) < 4.78 is 0. The first-order valence-electron chi connectivity index (χ1n) is 11.7. The van der Waals surface area contributed by atoms with Gasteiger partial charge >= 0.3 is 0 Å². The van der Waals surface area contributed by atoms with Gasteiger partial charge in [-0.2, -0.15) is 0 Å². The summed E-state index contributed by atoms with van der Waals surface area (Å²) in [7, 11) is 0. The predicted octanol–water partition coefficient (Wildman–Crippen LogP) is 7.50. The van der Waals surface area contributed by atoms with E-state index in [4.69, 9.17) is 9.97 Å². The van der Waals surface area contributed by atoms with Crippen LogP contribution in [0, 0.1) is 20.8 Å². The number of rotatable bonds is 3. The van der Waals surface area contributed by atoms with E-state index in [1.54, 1.807) is 0 Å². The smallest absolute Gasteiger partial charge is 0.0899 e. The second kappa shape index (κ2) is 8.41. The van der Waals surface area contributed by atoms with E-state index in [1.165, 1.54) is 10.9 Å². The van der Waals surface area contributed by atoms with Crippen LogP contribution in [0.3, 0.4) is 0 Å². The van der Waals surface area contributed by atoms with Gasteiger partial charge in [0.1, 0.15) is 0 Å². The second-order valence-corrected chi connectivity index (χ2v) is 9.09. The molecule has 0 spiro atoms. The molecule has 0 atom stereocenters. The number of benzene rings is 3. The van der Waals surface area contributed by atoms with Gasteiger partial charge in [0.05, 0.1) is 35.0 Å². The molecule has 3 aromatic heterocycles. The van der Waals surface area contributed by atoms with E-state index in [0.717, 1.165) is 61.2 Å². The van der Waals surface area contributed by atoms with Crippen LogP contribution in [0.15, 0.2) is 91.5 Å². The molecule has 4 nitrogen and oxygen atoms in total. The van der Waals surface area contributed by atoms with Gasteiger partial charge in [0.25, 0.3) is 0 Å². The lowest BCUT2D eigenvalue weighted by molar-refractivity contribution is 1.20. The summed E-state index contributed by atoms with van der Waals surface area (Å²) in [5, 5.41) is 3.51. The number of hydrogen-bond donors (Lipinski definition) is 0. The summed E-state index contributed by atoms with van der Waals surface area (Å²) in [6.45, 7) is 6.31. The number of aryl methyl sites for hydroxylation is 3. The number of fused-ring (bicyclic) bond motifs is 3. The van der Waals surface area contributed by atoms with Gasteiger partial charge in [0.15, 0.2) is 0 Å². The third kappa shape index (κ3) is 3.83. The Morgan fingerprint density at radius 3 is 2.23 bits per heavy atom. The Balaban J connectivity index is 1.55. The number of pyridine rings is 2. The van der Waals surface area contributed by atoms with Crippen molar-refractivity contribution in [2.45, 2.75) is 20.8 Å². The van der Waals surface area contributed by atoms with E-state index < -0.39 is 0 Å². The first kappa shape index (κ1) is 21.1. The van der Waals surface area contributed by atoms with Crippen molar-refractivity contribution < 1.29 is 0 Å². The number of aromatic nitrogens is 4. The van der Waals surface area contributed by atoms with Crippen LogP contribution in [0.2, 0.25) is 0 Å². The highest BCUT2D eigenvalue weighted by atomic mass is 14.8. The lowest BCUT2D eigenvalue weighted by Gasteiger charge is -2.13. The fraction of sp³-hybridized carbons (Fsp3) is 0.0968. The predicted molar refractivity (Wildman–Crippen MR) is 143 cm³/mol. The monoisotopic (exact) mass is 452 g/mol. The van der Waals surface area contributed by atoms with Crippen LogP contribution in [0.5, 0.6) is 0 Å². The zero-order valence-corrected chi connectivity index (χ0v) is 19.9. The fourth-order valence-corrected chi connectivity index (χ4v) is 4.67. The molecule has 3 heterocycles. The Morgan fingerprint density at radius 2 is 1.40 bits per heavy atom. The standard InChI is InChI=1S/C31H24N4/c1-19-7-10-23-25(12-19)26-13-20(2)16-34-29(26)15-27(23)31-18-32-17-30(35-31)24-14-22(9-8-21(24)3)28-6-4-5-11-33-28/h4-18H,1-3H3. The molecule has 0 amide bonds. The van der Waals surface area contributed by atoms with Crippen molar-refractivity contribution in [3.05, 3.63) is 108 Å². The summed E-state index contributed by atoms with van der Waals surface area (Å²) in [5.41, 5.74) is 10.3. The van der Waals surface area contributed by atoms with Crippen molar-refractivity contribution in [3.63, 3.8) is 0 Å². The molecular weight excluding hydrogens is 428 g/mol. The maximum Gasteiger partial charge on any atom is 0.0899 e. The van der Waals surface area contributed by atoms with Crippen molar-refractivity contribution in [1.82, 2.24) is 19.9 Å². The molecule has 0 saturated carbocycles. The first-order chi connectivity index (χ1) is 17.1. The molecule has 0 aliphatic heterocycles. The van der Waals surface area contributed by atoms with Crippen LogP contribution < -0.4 is 0 Å². The Bertz CT molecular complexity index is 1720. The van der Waals surface area contributed by atoms with Crippen molar-refractivity contribution in [2.75, 3.05) is 0 Å². The highest BCUT2D eigenvalue weighted by molar-refractivity contribution is 6.12. The van der Waals surface area contributed by atoms with Crippen LogP contribution in [-0.2, 0) is 0 Å².